The number of anilines is 1. The molecule has 0 saturated carbocycles. The van der Waals surface area contributed by atoms with Crippen LogP contribution in [0.3, 0.4) is 0 Å². The molecule has 0 aliphatic carbocycles. The van der Waals surface area contributed by atoms with Crippen LogP contribution in [0.1, 0.15) is 17.7 Å². The van der Waals surface area contributed by atoms with Crippen LogP contribution in [0, 0.1) is 0 Å². The lowest BCUT2D eigenvalue weighted by molar-refractivity contribution is 0.253. The predicted octanol–water partition coefficient (Wildman–Crippen LogP) is 3.68. The maximum Gasteiger partial charge on any atom is 0.190 e. The Morgan fingerprint density at radius 2 is 1.72 bits per heavy atom. The first-order valence-electron chi connectivity index (χ1n) is 10.3. The van der Waals surface area contributed by atoms with Crippen LogP contribution in [0.4, 0.5) is 5.69 Å². The van der Waals surface area contributed by atoms with E-state index in [1.807, 2.05) is 18.4 Å². The van der Waals surface area contributed by atoms with Gasteiger partial charge in [-0.25, -0.2) is 0 Å². The Labute approximate surface area is 196 Å². The summed E-state index contributed by atoms with van der Waals surface area (Å²) in [6.45, 7) is 7.66. The number of piperazine rings is 1. The summed E-state index contributed by atoms with van der Waals surface area (Å²) < 4.78 is 0. The molecule has 1 aliphatic heterocycles. The van der Waals surface area contributed by atoms with Crippen LogP contribution >= 0.6 is 35.3 Å². The van der Waals surface area contributed by atoms with E-state index in [1.54, 1.807) is 0 Å². The Bertz CT molecular complexity index is 684. The van der Waals surface area contributed by atoms with Crippen molar-refractivity contribution in [2.75, 3.05) is 57.8 Å². The van der Waals surface area contributed by atoms with Crippen LogP contribution in [-0.2, 0) is 6.42 Å². The summed E-state index contributed by atoms with van der Waals surface area (Å²) in [4.78, 5) is 10.8. The first-order chi connectivity index (χ1) is 13.8. The van der Waals surface area contributed by atoms with E-state index in [0.717, 1.165) is 51.6 Å². The monoisotopic (exact) mass is 527 g/mol. The molecule has 0 unspecified atom stereocenters. The molecular weight excluding hydrogens is 493 g/mol. The van der Waals surface area contributed by atoms with Crippen LogP contribution in [0.5, 0.6) is 0 Å². The zero-order valence-corrected chi connectivity index (χ0v) is 20.5. The number of thiophene rings is 1. The summed E-state index contributed by atoms with van der Waals surface area (Å²) in [5.41, 5.74) is 1.35. The predicted molar refractivity (Wildman–Crippen MR) is 137 cm³/mol. The molecule has 1 fully saturated rings. The van der Waals surface area contributed by atoms with Crippen LogP contribution < -0.4 is 15.5 Å². The molecule has 1 aromatic heterocycles. The van der Waals surface area contributed by atoms with Gasteiger partial charge in [-0.1, -0.05) is 24.3 Å². The van der Waals surface area contributed by atoms with Gasteiger partial charge in [0.05, 0.1) is 0 Å². The Morgan fingerprint density at radius 3 is 2.41 bits per heavy atom. The number of hydrogen-bond acceptors (Lipinski definition) is 4. The van der Waals surface area contributed by atoms with Gasteiger partial charge < -0.3 is 15.5 Å². The third kappa shape index (κ3) is 8.52. The molecule has 1 aromatic carbocycles. The molecule has 0 radical (unpaired) electrons. The van der Waals surface area contributed by atoms with Crippen molar-refractivity contribution in [1.29, 1.82) is 0 Å². The summed E-state index contributed by atoms with van der Waals surface area (Å²) in [6, 6.07) is 15.0. The van der Waals surface area contributed by atoms with Gasteiger partial charge in [0.2, 0.25) is 0 Å². The van der Waals surface area contributed by atoms with Gasteiger partial charge in [-0.2, -0.15) is 0 Å². The van der Waals surface area contributed by atoms with Crippen molar-refractivity contribution in [3.8, 4) is 0 Å². The number of rotatable bonds is 9. The second-order valence-corrected chi connectivity index (χ2v) is 8.16. The van der Waals surface area contributed by atoms with Crippen molar-refractivity contribution in [2.24, 2.45) is 4.99 Å². The number of halogens is 1. The maximum atomic E-state index is 4.31. The van der Waals surface area contributed by atoms with Gasteiger partial charge in [-0.05, 0) is 49.4 Å². The molecule has 160 valence electrons. The lowest BCUT2D eigenvalue weighted by atomic mass is 10.2. The highest BCUT2D eigenvalue weighted by Gasteiger charge is 2.16. The van der Waals surface area contributed by atoms with E-state index in [4.69, 9.17) is 0 Å². The third-order valence-electron chi connectivity index (χ3n) is 5.15. The number of nitrogens with one attached hydrogen (secondary N) is 2. The number of unbranched alkanes of at least 4 members (excludes halogenated alkanes) is 1. The number of nitrogens with zero attached hydrogens (tertiary/aromatic N) is 3. The minimum atomic E-state index is 0. The quantitative estimate of drug-likeness (QED) is 0.226. The van der Waals surface area contributed by atoms with Crippen LogP contribution in [0.25, 0.3) is 0 Å². The fourth-order valence-electron chi connectivity index (χ4n) is 3.52. The van der Waals surface area contributed by atoms with Crippen molar-refractivity contribution in [3.05, 3.63) is 52.7 Å². The second-order valence-electron chi connectivity index (χ2n) is 7.13. The van der Waals surface area contributed by atoms with Crippen molar-refractivity contribution in [3.63, 3.8) is 0 Å². The van der Waals surface area contributed by atoms with Crippen molar-refractivity contribution < 1.29 is 0 Å². The zero-order valence-electron chi connectivity index (χ0n) is 17.3. The molecule has 0 atom stereocenters. The average molecular weight is 528 g/mol. The number of para-hydroxylation sites is 1. The number of hydrogen-bond donors (Lipinski definition) is 2. The topological polar surface area (TPSA) is 42.9 Å². The highest BCUT2D eigenvalue weighted by molar-refractivity contribution is 14.0. The van der Waals surface area contributed by atoms with Gasteiger partial charge in [-0.3, -0.25) is 9.89 Å². The first-order valence-corrected chi connectivity index (χ1v) is 11.2. The fraction of sp³-hybridized carbons (Fsp3) is 0.500. The summed E-state index contributed by atoms with van der Waals surface area (Å²) in [5.74, 6) is 0.910. The molecule has 2 heterocycles. The summed E-state index contributed by atoms with van der Waals surface area (Å²) in [5, 5.41) is 8.96. The fourth-order valence-corrected chi connectivity index (χ4v) is 4.22. The van der Waals surface area contributed by atoms with Crippen molar-refractivity contribution in [1.82, 2.24) is 15.5 Å². The molecule has 29 heavy (non-hydrogen) atoms. The molecule has 5 nitrogen and oxygen atoms in total. The second kappa shape index (κ2) is 13.8. The zero-order chi connectivity index (χ0) is 19.4. The van der Waals surface area contributed by atoms with Crippen LogP contribution in [-0.4, -0.2) is 63.7 Å². The average Bonchev–Trinajstić information content (AvgIpc) is 3.27. The molecule has 0 amide bonds. The van der Waals surface area contributed by atoms with Gasteiger partial charge >= 0.3 is 0 Å². The lowest BCUT2D eigenvalue weighted by Gasteiger charge is -2.36. The highest BCUT2D eigenvalue weighted by atomic mass is 127. The lowest BCUT2D eigenvalue weighted by Crippen LogP contribution is -2.46. The Kier molecular flexibility index (Phi) is 11.4. The smallest absolute Gasteiger partial charge is 0.190 e. The minimum Gasteiger partial charge on any atom is -0.369 e. The van der Waals surface area contributed by atoms with E-state index in [9.17, 15) is 0 Å². The largest absolute Gasteiger partial charge is 0.369 e. The van der Waals surface area contributed by atoms with Crippen LogP contribution in [0.2, 0.25) is 0 Å². The van der Waals surface area contributed by atoms with Gasteiger partial charge in [0.25, 0.3) is 0 Å². The molecule has 7 heteroatoms. The molecule has 0 bridgehead atoms. The Hall–Kier alpha value is -1.32. The molecule has 3 rings (SSSR count). The molecule has 1 saturated heterocycles. The molecule has 1 aliphatic rings. The van der Waals surface area contributed by atoms with E-state index in [0.29, 0.717) is 0 Å². The summed E-state index contributed by atoms with van der Waals surface area (Å²) >= 11 is 1.81. The normalized spacial score (nSPS) is 15.1. The van der Waals surface area contributed by atoms with Crippen molar-refractivity contribution >= 4 is 47.0 Å². The van der Waals surface area contributed by atoms with Gasteiger partial charge in [0.1, 0.15) is 0 Å². The molecular formula is C22H34IN5S. The highest BCUT2D eigenvalue weighted by Crippen LogP contribution is 2.15. The first kappa shape index (κ1) is 24.0. The Morgan fingerprint density at radius 1 is 0.966 bits per heavy atom. The maximum absolute atomic E-state index is 4.31. The van der Waals surface area contributed by atoms with Crippen LogP contribution in [0.15, 0.2) is 52.8 Å². The van der Waals surface area contributed by atoms with E-state index in [-0.39, 0.29) is 24.0 Å². The number of benzene rings is 1. The summed E-state index contributed by atoms with van der Waals surface area (Å²) in [7, 11) is 1.84. The van der Waals surface area contributed by atoms with E-state index in [2.05, 4.69) is 73.3 Å². The van der Waals surface area contributed by atoms with Gasteiger partial charge in [-0.15, -0.1) is 35.3 Å². The van der Waals surface area contributed by atoms with Gasteiger partial charge in [0, 0.05) is 56.9 Å². The molecule has 2 aromatic rings. The SMILES string of the molecule is CN=C(NCCCCN1CCN(c2ccccc2)CC1)NCCc1cccs1.I. The number of guanidine groups is 1. The minimum absolute atomic E-state index is 0. The van der Waals surface area contributed by atoms with E-state index in [1.165, 1.54) is 30.0 Å². The van der Waals surface area contributed by atoms with E-state index >= 15 is 0 Å². The summed E-state index contributed by atoms with van der Waals surface area (Å²) in [6.07, 6.45) is 3.45. The molecule has 0 spiro atoms. The third-order valence-corrected chi connectivity index (χ3v) is 6.09. The standard InChI is InChI=1S/C22H33N5S.HI/c1-23-22(25-13-11-21-10-7-19-28-21)24-12-5-6-14-26-15-17-27(18-16-26)20-8-3-2-4-9-20;/h2-4,7-10,19H,5-6,11-18H2,1H3,(H2,23,24,25);1H. The van der Waals surface area contributed by atoms with E-state index < -0.39 is 0 Å². The Balaban J connectivity index is 0.00000300. The van der Waals surface area contributed by atoms with Crippen molar-refractivity contribution in [2.45, 2.75) is 19.3 Å². The molecule has 2 N–H and O–H groups in total. The van der Waals surface area contributed by atoms with Gasteiger partial charge in [0.15, 0.2) is 5.96 Å². The number of aliphatic imine (C=N–C) groups is 1.